The van der Waals surface area contributed by atoms with Crippen LogP contribution in [0.2, 0.25) is 0 Å². The van der Waals surface area contributed by atoms with Crippen LogP contribution in [0.1, 0.15) is 34.1 Å². The molecule has 104 valence electrons. The van der Waals surface area contributed by atoms with Gasteiger partial charge < -0.3 is 10.1 Å². The van der Waals surface area contributed by atoms with E-state index in [1.807, 2.05) is 20.8 Å². The summed E-state index contributed by atoms with van der Waals surface area (Å²) in [6, 6.07) is -0.725. The average molecular weight is 296 g/mol. The summed E-state index contributed by atoms with van der Waals surface area (Å²) in [6.45, 7) is 7.22. The summed E-state index contributed by atoms with van der Waals surface area (Å²) in [5.74, 6) is -0.798. The van der Waals surface area contributed by atoms with Crippen molar-refractivity contribution in [2.45, 2.75) is 44.5 Å². The first-order chi connectivity index (χ1) is 7.95. The Balaban J connectivity index is 2.81. The smallest absolute Gasteiger partial charge is 0.328 e. The lowest BCUT2D eigenvalue weighted by molar-refractivity contribution is -0.148. The molecule has 1 aliphatic rings. The van der Waals surface area contributed by atoms with E-state index in [9.17, 15) is 9.59 Å². The van der Waals surface area contributed by atoms with Crippen LogP contribution in [-0.4, -0.2) is 29.4 Å². The van der Waals surface area contributed by atoms with Crippen LogP contribution >= 0.6 is 23.2 Å². The molecule has 0 unspecified atom stereocenters. The van der Waals surface area contributed by atoms with Crippen molar-refractivity contribution < 1.29 is 14.3 Å². The minimum Gasteiger partial charge on any atom is -0.467 e. The molecule has 0 bridgehead atoms. The fourth-order valence-electron chi connectivity index (χ4n) is 1.68. The van der Waals surface area contributed by atoms with Crippen LogP contribution in [0, 0.1) is 10.8 Å². The minimum absolute atomic E-state index is 0.321. The number of amides is 1. The van der Waals surface area contributed by atoms with Crippen molar-refractivity contribution in [3.63, 3.8) is 0 Å². The third kappa shape index (κ3) is 2.75. The van der Waals surface area contributed by atoms with Crippen molar-refractivity contribution in [2.75, 3.05) is 7.11 Å². The highest BCUT2D eigenvalue weighted by atomic mass is 35.5. The van der Waals surface area contributed by atoms with Crippen LogP contribution in [0.15, 0.2) is 0 Å². The molecule has 0 aromatic rings. The molecular weight excluding hydrogens is 277 g/mol. The van der Waals surface area contributed by atoms with Gasteiger partial charge in [0.05, 0.1) is 12.5 Å². The average Bonchev–Trinajstić information content (AvgIpc) is 2.73. The fourth-order valence-corrected chi connectivity index (χ4v) is 2.39. The predicted octanol–water partition coefficient (Wildman–Crippen LogP) is 2.27. The maximum absolute atomic E-state index is 12.1. The van der Waals surface area contributed by atoms with Gasteiger partial charge >= 0.3 is 5.97 Å². The summed E-state index contributed by atoms with van der Waals surface area (Å²) in [5, 5.41) is 2.68. The molecule has 0 aromatic heterocycles. The van der Waals surface area contributed by atoms with E-state index in [0.717, 1.165) is 0 Å². The van der Waals surface area contributed by atoms with Crippen LogP contribution in [0.5, 0.6) is 0 Å². The molecule has 1 fully saturated rings. The quantitative estimate of drug-likeness (QED) is 0.642. The minimum atomic E-state index is -1.05. The van der Waals surface area contributed by atoms with E-state index in [1.54, 1.807) is 6.92 Å². The predicted molar refractivity (Wildman–Crippen MR) is 70.6 cm³/mol. The van der Waals surface area contributed by atoms with E-state index in [0.29, 0.717) is 6.42 Å². The maximum Gasteiger partial charge on any atom is 0.328 e. The van der Waals surface area contributed by atoms with Gasteiger partial charge in [-0.1, -0.05) is 20.8 Å². The molecular formula is C12H19Cl2NO3. The Hall–Kier alpha value is -0.480. The number of carbonyl (C=O) groups is 2. The molecule has 0 aliphatic heterocycles. The summed E-state index contributed by atoms with van der Waals surface area (Å²) in [5.41, 5.74) is -1.29. The van der Waals surface area contributed by atoms with Crippen LogP contribution in [0.3, 0.4) is 0 Å². The summed E-state index contributed by atoms with van der Waals surface area (Å²) < 4.78 is 3.66. The van der Waals surface area contributed by atoms with Crippen LogP contribution in [-0.2, 0) is 14.3 Å². The lowest BCUT2D eigenvalue weighted by Crippen LogP contribution is -2.52. The standard InChI is InChI=1S/C12H19Cl2NO3/c1-10(2,3)7(8(16)18-5)15-9(17)11(4)6-12(11,13)14/h7H,6H2,1-5H3,(H,15,17)/t7-,11+/m1/s1. The zero-order valence-electron chi connectivity index (χ0n) is 11.3. The first-order valence-corrected chi connectivity index (χ1v) is 6.48. The molecule has 1 saturated carbocycles. The molecule has 0 radical (unpaired) electrons. The highest BCUT2D eigenvalue weighted by Gasteiger charge is 2.68. The molecule has 2 atom stereocenters. The second-order valence-corrected chi connectivity index (χ2v) is 7.49. The van der Waals surface area contributed by atoms with Crippen LogP contribution in [0.25, 0.3) is 0 Å². The topological polar surface area (TPSA) is 55.4 Å². The van der Waals surface area contributed by atoms with Gasteiger partial charge in [-0.05, 0) is 18.8 Å². The lowest BCUT2D eigenvalue weighted by atomic mass is 9.86. The molecule has 4 nitrogen and oxygen atoms in total. The maximum atomic E-state index is 12.1. The molecule has 0 spiro atoms. The molecule has 0 heterocycles. The number of hydrogen-bond donors (Lipinski definition) is 1. The second-order valence-electron chi connectivity index (χ2n) is 6.01. The van der Waals surface area contributed by atoms with Crippen molar-refractivity contribution >= 4 is 35.1 Å². The van der Waals surface area contributed by atoms with Crippen molar-refractivity contribution in [1.82, 2.24) is 5.32 Å². The lowest BCUT2D eigenvalue weighted by Gasteiger charge is -2.30. The first kappa shape index (κ1) is 15.6. The second kappa shape index (κ2) is 4.57. The number of esters is 1. The Morgan fingerprint density at radius 3 is 2.06 bits per heavy atom. The van der Waals surface area contributed by atoms with Gasteiger partial charge in [0.1, 0.15) is 10.4 Å². The van der Waals surface area contributed by atoms with Gasteiger partial charge in [-0.3, -0.25) is 4.79 Å². The van der Waals surface area contributed by atoms with Crippen molar-refractivity contribution in [1.29, 1.82) is 0 Å². The highest BCUT2D eigenvalue weighted by molar-refractivity contribution is 6.53. The number of hydrogen-bond acceptors (Lipinski definition) is 3. The molecule has 18 heavy (non-hydrogen) atoms. The number of halogens is 2. The molecule has 1 aliphatic carbocycles. The molecule has 1 rings (SSSR count). The van der Waals surface area contributed by atoms with Crippen molar-refractivity contribution in [3.8, 4) is 0 Å². The normalized spacial score (nSPS) is 27.3. The van der Waals surface area contributed by atoms with Gasteiger partial charge in [-0.25, -0.2) is 4.79 Å². The first-order valence-electron chi connectivity index (χ1n) is 5.72. The molecule has 0 saturated heterocycles. The molecule has 1 N–H and O–H groups in total. The van der Waals surface area contributed by atoms with Gasteiger partial charge in [0.15, 0.2) is 0 Å². The Bertz CT molecular complexity index is 376. The summed E-state index contributed by atoms with van der Waals surface area (Å²) in [7, 11) is 1.29. The third-order valence-corrected chi connectivity index (χ3v) is 4.44. The molecule has 1 amide bonds. The number of nitrogens with one attached hydrogen (secondary N) is 1. The fraction of sp³-hybridized carbons (Fsp3) is 0.833. The summed E-state index contributed by atoms with van der Waals surface area (Å²) in [4.78, 5) is 23.8. The van der Waals surface area contributed by atoms with E-state index >= 15 is 0 Å². The monoisotopic (exact) mass is 295 g/mol. The van der Waals surface area contributed by atoms with Gasteiger partial charge in [-0.15, -0.1) is 23.2 Å². The SMILES string of the molecule is COC(=O)[C@@H](NC(=O)[C@]1(C)CC1(Cl)Cl)C(C)(C)C. The van der Waals surface area contributed by atoms with Gasteiger partial charge in [-0.2, -0.15) is 0 Å². The number of rotatable bonds is 3. The van der Waals surface area contributed by atoms with E-state index in [-0.39, 0.29) is 5.91 Å². The van der Waals surface area contributed by atoms with E-state index in [1.165, 1.54) is 7.11 Å². The van der Waals surface area contributed by atoms with Gasteiger partial charge in [0, 0.05) is 0 Å². The summed E-state index contributed by atoms with van der Waals surface area (Å²) in [6.07, 6.45) is 0.382. The Morgan fingerprint density at radius 2 is 1.78 bits per heavy atom. The van der Waals surface area contributed by atoms with Crippen LogP contribution in [0.4, 0.5) is 0 Å². The highest BCUT2D eigenvalue weighted by Crippen LogP contribution is 2.63. The van der Waals surface area contributed by atoms with Gasteiger partial charge in [0.2, 0.25) is 5.91 Å². The van der Waals surface area contributed by atoms with Crippen molar-refractivity contribution in [3.05, 3.63) is 0 Å². The van der Waals surface area contributed by atoms with E-state index in [2.05, 4.69) is 5.32 Å². The number of ether oxygens (including phenoxy) is 1. The number of carbonyl (C=O) groups excluding carboxylic acids is 2. The van der Waals surface area contributed by atoms with E-state index < -0.39 is 27.2 Å². The summed E-state index contributed by atoms with van der Waals surface area (Å²) >= 11 is 11.9. The third-order valence-electron chi connectivity index (χ3n) is 3.34. The number of alkyl halides is 2. The van der Waals surface area contributed by atoms with Crippen LogP contribution < -0.4 is 5.32 Å². The molecule has 0 aromatic carbocycles. The largest absolute Gasteiger partial charge is 0.467 e. The Kier molecular flexibility index (Phi) is 3.95. The Labute approximate surface area is 117 Å². The number of methoxy groups -OCH3 is 1. The van der Waals surface area contributed by atoms with E-state index in [4.69, 9.17) is 27.9 Å². The zero-order valence-corrected chi connectivity index (χ0v) is 12.8. The van der Waals surface area contributed by atoms with Gasteiger partial charge in [0.25, 0.3) is 0 Å². The van der Waals surface area contributed by atoms with Crippen molar-refractivity contribution in [2.24, 2.45) is 10.8 Å². The zero-order chi connectivity index (χ0) is 14.4. The molecule has 6 heteroatoms. The Morgan fingerprint density at radius 1 is 1.33 bits per heavy atom.